The molecule has 0 aromatic rings. The monoisotopic (exact) mass is 212 g/mol. The molecule has 90 valence electrons. The third-order valence-electron chi connectivity index (χ3n) is 3.77. The van der Waals surface area contributed by atoms with Gasteiger partial charge in [0.15, 0.2) is 0 Å². The first-order valence-corrected chi connectivity index (χ1v) is 6.54. The Bertz CT molecular complexity index is 171. The molecule has 0 aromatic carbocycles. The molecular weight excluding hydrogens is 184 g/mol. The molecule has 1 atom stereocenters. The lowest BCUT2D eigenvalue weighted by molar-refractivity contribution is 0.162. The summed E-state index contributed by atoms with van der Waals surface area (Å²) in [5.74, 6) is 0. The second kappa shape index (κ2) is 5.86. The lowest BCUT2D eigenvalue weighted by Gasteiger charge is -2.35. The minimum atomic E-state index is 0.296. The van der Waals surface area contributed by atoms with Crippen molar-refractivity contribution in [2.75, 3.05) is 19.6 Å². The maximum absolute atomic E-state index is 3.66. The van der Waals surface area contributed by atoms with Gasteiger partial charge in [-0.15, -0.1) is 0 Å². The van der Waals surface area contributed by atoms with Crippen LogP contribution in [0.1, 0.15) is 53.4 Å². The highest BCUT2D eigenvalue weighted by Gasteiger charge is 2.19. The lowest BCUT2D eigenvalue weighted by Crippen LogP contribution is -2.48. The normalized spacial score (nSPS) is 21.6. The molecule has 1 aliphatic heterocycles. The van der Waals surface area contributed by atoms with Crippen LogP contribution >= 0.6 is 0 Å². The van der Waals surface area contributed by atoms with Crippen molar-refractivity contribution >= 4 is 0 Å². The largest absolute Gasteiger partial charge is 0.310 e. The molecule has 1 unspecified atom stereocenters. The molecule has 0 amide bonds. The molecule has 2 heteroatoms. The highest BCUT2D eigenvalue weighted by molar-refractivity contribution is 4.80. The van der Waals surface area contributed by atoms with Gasteiger partial charge in [-0.05, 0) is 53.1 Å². The number of nitrogens with one attached hydrogen (secondary N) is 1. The second-order valence-corrected chi connectivity index (χ2v) is 5.56. The summed E-state index contributed by atoms with van der Waals surface area (Å²) in [4.78, 5) is 2.63. The molecule has 0 bridgehead atoms. The standard InChI is InChI=1S/C13H28N2/c1-5-13(3,4)14-11-12(2)15-9-7-6-8-10-15/h12,14H,5-11H2,1-4H3. The zero-order valence-electron chi connectivity index (χ0n) is 11.0. The lowest BCUT2D eigenvalue weighted by atomic mass is 10.0. The summed E-state index contributed by atoms with van der Waals surface area (Å²) < 4.78 is 0. The molecule has 1 fully saturated rings. The summed E-state index contributed by atoms with van der Waals surface area (Å²) in [5.41, 5.74) is 0.296. The first kappa shape index (κ1) is 13.0. The van der Waals surface area contributed by atoms with Crippen LogP contribution in [0.15, 0.2) is 0 Å². The van der Waals surface area contributed by atoms with Crippen LogP contribution in [0.2, 0.25) is 0 Å². The highest BCUT2D eigenvalue weighted by Crippen LogP contribution is 2.13. The molecule has 0 aliphatic carbocycles. The van der Waals surface area contributed by atoms with E-state index in [-0.39, 0.29) is 0 Å². The van der Waals surface area contributed by atoms with Crippen LogP contribution in [0.5, 0.6) is 0 Å². The number of likely N-dealkylation sites (tertiary alicyclic amines) is 1. The molecule has 2 nitrogen and oxygen atoms in total. The molecule has 15 heavy (non-hydrogen) atoms. The maximum atomic E-state index is 3.66. The van der Waals surface area contributed by atoms with Crippen LogP contribution in [0.4, 0.5) is 0 Å². The summed E-state index contributed by atoms with van der Waals surface area (Å²) in [6, 6.07) is 0.691. The van der Waals surface area contributed by atoms with Crippen molar-refractivity contribution in [3.63, 3.8) is 0 Å². The molecule has 1 N–H and O–H groups in total. The van der Waals surface area contributed by atoms with Crippen LogP contribution in [0.3, 0.4) is 0 Å². The smallest absolute Gasteiger partial charge is 0.0192 e. The Morgan fingerprint density at radius 2 is 1.80 bits per heavy atom. The second-order valence-electron chi connectivity index (χ2n) is 5.56. The van der Waals surface area contributed by atoms with Crippen molar-refractivity contribution in [1.82, 2.24) is 10.2 Å². The molecule has 1 heterocycles. The van der Waals surface area contributed by atoms with Crippen LogP contribution in [-0.4, -0.2) is 36.1 Å². The van der Waals surface area contributed by atoms with Crippen molar-refractivity contribution in [3.05, 3.63) is 0 Å². The Morgan fingerprint density at radius 3 is 2.33 bits per heavy atom. The average molecular weight is 212 g/mol. The number of hydrogen-bond acceptors (Lipinski definition) is 2. The van der Waals surface area contributed by atoms with E-state index < -0.39 is 0 Å². The van der Waals surface area contributed by atoms with Crippen molar-refractivity contribution in [1.29, 1.82) is 0 Å². The molecule has 1 saturated heterocycles. The van der Waals surface area contributed by atoms with Gasteiger partial charge in [-0.25, -0.2) is 0 Å². The van der Waals surface area contributed by atoms with Gasteiger partial charge in [0.25, 0.3) is 0 Å². The van der Waals surface area contributed by atoms with Gasteiger partial charge >= 0.3 is 0 Å². The van der Waals surface area contributed by atoms with E-state index in [2.05, 4.69) is 37.9 Å². The van der Waals surface area contributed by atoms with E-state index in [0.717, 1.165) is 6.54 Å². The molecule has 0 aromatic heterocycles. The van der Waals surface area contributed by atoms with Crippen LogP contribution in [-0.2, 0) is 0 Å². The topological polar surface area (TPSA) is 15.3 Å². The SMILES string of the molecule is CCC(C)(C)NCC(C)N1CCCCC1. The molecule has 1 aliphatic rings. The number of rotatable bonds is 5. The number of hydrogen-bond donors (Lipinski definition) is 1. The average Bonchev–Trinajstić information content (AvgIpc) is 2.27. The van der Waals surface area contributed by atoms with Gasteiger partial charge in [0.05, 0.1) is 0 Å². The Kier molecular flexibility index (Phi) is 5.07. The fraction of sp³-hybridized carbons (Fsp3) is 1.00. The molecule has 1 rings (SSSR count). The van der Waals surface area contributed by atoms with Gasteiger partial charge in [-0.2, -0.15) is 0 Å². The third-order valence-corrected chi connectivity index (χ3v) is 3.77. The number of nitrogens with zero attached hydrogens (tertiary/aromatic N) is 1. The maximum Gasteiger partial charge on any atom is 0.0192 e. The van der Waals surface area contributed by atoms with E-state index in [0.29, 0.717) is 11.6 Å². The van der Waals surface area contributed by atoms with Crippen LogP contribution in [0, 0.1) is 0 Å². The Morgan fingerprint density at radius 1 is 1.20 bits per heavy atom. The Labute approximate surface area is 95.4 Å². The van der Waals surface area contributed by atoms with Gasteiger partial charge in [0.2, 0.25) is 0 Å². The van der Waals surface area contributed by atoms with Gasteiger partial charge in [0.1, 0.15) is 0 Å². The van der Waals surface area contributed by atoms with E-state index in [9.17, 15) is 0 Å². The zero-order valence-corrected chi connectivity index (χ0v) is 11.0. The predicted octanol–water partition coefficient (Wildman–Crippen LogP) is 2.64. The number of piperidine rings is 1. The van der Waals surface area contributed by atoms with E-state index in [4.69, 9.17) is 0 Å². The van der Waals surface area contributed by atoms with Crippen molar-refractivity contribution < 1.29 is 0 Å². The van der Waals surface area contributed by atoms with Gasteiger partial charge < -0.3 is 5.32 Å². The molecular formula is C13H28N2. The van der Waals surface area contributed by atoms with Gasteiger partial charge in [-0.1, -0.05) is 13.3 Å². The van der Waals surface area contributed by atoms with Gasteiger partial charge in [0, 0.05) is 18.1 Å². The van der Waals surface area contributed by atoms with E-state index in [1.54, 1.807) is 0 Å². The fourth-order valence-electron chi connectivity index (χ4n) is 2.04. The Hall–Kier alpha value is -0.0800. The quantitative estimate of drug-likeness (QED) is 0.753. The summed E-state index contributed by atoms with van der Waals surface area (Å²) >= 11 is 0. The van der Waals surface area contributed by atoms with E-state index in [1.165, 1.54) is 38.8 Å². The van der Waals surface area contributed by atoms with Crippen molar-refractivity contribution in [3.8, 4) is 0 Å². The summed E-state index contributed by atoms with van der Waals surface area (Å²) in [6.45, 7) is 12.9. The minimum Gasteiger partial charge on any atom is -0.310 e. The summed E-state index contributed by atoms with van der Waals surface area (Å²) in [7, 11) is 0. The van der Waals surface area contributed by atoms with Crippen LogP contribution < -0.4 is 5.32 Å². The van der Waals surface area contributed by atoms with Crippen molar-refractivity contribution in [2.45, 2.75) is 65.0 Å². The molecule has 0 spiro atoms. The van der Waals surface area contributed by atoms with Crippen molar-refractivity contribution in [2.24, 2.45) is 0 Å². The molecule has 0 radical (unpaired) electrons. The van der Waals surface area contributed by atoms with E-state index >= 15 is 0 Å². The fourth-order valence-corrected chi connectivity index (χ4v) is 2.04. The third kappa shape index (κ3) is 4.52. The predicted molar refractivity (Wildman–Crippen MR) is 67.3 cm³/mol. The zero-order chi connectivity index (χ0) is 11.3. The molecule has 0 saturated carbocycles. The highest BCUT2D eigenvalue weighted by atomic mass is 15.2. The summed E-state index contributed by atoms with van der Waals surface area (Å²) in [5, 5.41) is 3.66. The Balaban J connectivity index is 2.25. The van der Waals surface area contributed by atoms with E-state index in [1.807, 2.05) is 0 Å². The first-order valence-electron chi connectivity index (χ1n) is 6.54. The van der Waals surface area contributed by atoms with Crippen LogP contribution in [0.25, 0.3) is 0 Å². The summed E-state index contributed by atoms with van der Waals surface area (Å²) in [6.07, 6.45) is 5.40. The first-order chi connectivity index (χ1) is 7.05. The minimum absolute atomic E-state index is 0.296. The van der Waals surface area contributed by atoms with Gasteiger partial charge in [-0.3, -0.25) is 4.90 Å².